The van der Waals surface area contributed by atoms with Gasteiger partial charge in [-0.25, -0.2) is 9.97 Å². The quantitative estimate of drug-likeness (QED) is 0.150. The monoisotopic (exact) mass is 838 g/mol. The van der Waals surface area contributed by atoms with Crippen molar-refractivity contribution in [1.82, 2.24) is 19.1 Å². The zero-order valence-corrected chi connectivity index (χ0v) is 35.7. The summed E-state index contributed by atoms with van der Waals surface area (Å²) in [6.07, 6.45) is 0. The number of hydrogen-bond acceptors (Lipinski definition) is 2. The maximum atomic E-state index is 5.45. The van der Waals surface area contributed by atoms with E-state index < -0.39 is 0 Å². The van der Waals surface area contributed by atoms with Gasteiger partial charge in [-0.1, -0.05) is 164 Å². The van der Waals surface area contributed by atoms with Crippen LogP contribution in [0.5, 0.6) is 0 Å². The molecule has 66 heavy (non-hydrogen) atoms. The Morgan fingerprint density at radius 1 is 0.258 bits per heavy atom. The van der Waals surface area contributed by atoms with Gasteiger partial charge in [0, 0.05) is 44.4 Å². The van der Waals surface area contributed by atoms with E-state index in [1.807, 2.05) is 6.07 Å². The fourth-order valence-electron chi connectivity index (χ4n) is 10.6. The first-order valence-corrected chi connectivity index (χ1v) is 22.6. The first-order valence-electron chi connectivity index (χ1n) is 22.6. The van der Waals surface area contributed by atoms with E-state index in [4.69, 9.17) is 9.97 Å². The Labute approximate surface area is 380 Å². The van der Waals surface area contributed by atoms with Crippen LogP contribution in [0.25, 0.3) is 133 Å². The predicted octanol–water partition coefficient (Wildman–Crippen LogP) is 16.2. The Kier molecular flexibility index (Phi) is 7.95. The van der Waals surface area contributed by atoms with Crippen molar-refractivity contribution in [3.8, 4) is 67.5 Å². The summed E-state index contributed by atoms with van der Waals surface area (Å²) in [6, 6.07) is 83.4. The molecule has 11 aromatic carbocycles. The minimum absolute atomic E-state index is 0.686. The number of para-hydroxylation sites is 1. The molecule has 3 aromatic heterocycles. The highest BCUT2D eigenvalue weighted by molar-refractivity contribution is 6.27. The van der Waals surface area contributed by atoms with Gasteiger partial charge in [0.25, 0.3) is 0 Å². The molecule has 0 aliphatic rings. The van der Waals surface area contributed by atoms with E-state index in [9.17, 15) is 0 Å². The van der Waals surface area contributed by atoms with Gasteiger partial charge in [0.1, 0.15) is 5.82 Å². The lowest BCUT2D eigenvalue weighted by Gasteiger charge is -2.13. The van der Waals surface area contributed by atoms with E-state index >= 15 is 0 Å². The average molecular weight is 839 g/mol. The van der Waals surface area contributed by atoms with Crippen LogP contribution in [0.4, 0.5) is 0 Å². The maximum Gasteiger partial charge on any atom is 0.162 e. The number of nitrogens with zero attached hydrogens (tertiary/aromatic N) is 4. The second-order valence-corrected chi connectivity index (χ2v) is 17.4. The topological polar surface area (TPSA) is 35.6 Å². The lowest BCUT2D eigenvalue weighted by atomic mass is 9.93. The fourth-order valence-corrected chi connectivity index (χ4v) is 10.6. The summed E-state index contributed by atoms with van der Waals surface area (Å²) in [5.41, 5.74) is 15.7. The fraction of sp³-hybridized carbons (Fsp3) is 0. The zero-order valence-electron chi connectivity index (χ0n) is 35.7. The highest BCUT2D eigenvalue weighted by Gasteiger charge is 2.24. The van der Waals surface area contributed by atoms with E-state index in [0.29, 0.717) is 5.82 Å². The van der Waals surface area contributed by atoms with Crippen molar-refractivity contribution in [2.75, 3.05) is 0 Å². The van der Waals surface area contributed by atoms with Crippen molar-refractivity contribution in [2.24, 2.45) is 0 Å². The molecule has 306 valence electrons. The molecule has 0 atom stereocenters. The van der Waals surface area contributed by atoms with Gasteiger partial charge in [0.2, 0.25) is 0 Å². The summed E-state index contributed by atoms with van der Waals surface area (Å²) >= 11 is 0. The van der Waals surface area contributed by atoms with E-state index in [0.717, 1.165) is 56.0 Å². The molecular formula is C62H38N4. The van der Waals surface area contributed by atoms with Crippen molar-refractivity contribution in [3.63, 3.8) is 0 Å². The van der Waals surface area contributed by atoms with Crippen molar-refractivity contribution in [2.45, 2.75) is 0 Å². The highest BCUT2D eigenvalue weighted by atomic mass is 15.1. The van der Waals surface area contributed by atoms with Gasteiger partial charge in [-0.05, 0) is 116 Å². The molecule has 0 amide bonds. The van der Waals surface area contributed by atoms with Crippen molar-refractivity contribution < 1.29 is 0 Å². The largest absolute Gasteiger partial charge is 0.309 e. The number of hydrogen-bond donors (Lipinski definition) is 0. The molecular weight excluding hydrogens is 801 g/mol. The van der Waals surface area contributed by atoms with E-state index in [-0.39, 0.29) is 0 Å². The Balaban J connectivity index is 1.07. The van der Waals surface area contributed by atoms with Gasteiger partial charge < -0.3 is 4.57 Å². The van der Waals surface area contributed by atoms with Gasteiger partial charge in [-0.2, -0.15) is 0 Å². The molecule has 14 aromatic rings. The second-order valence-electron chi connectivity index (χ2n) is 17.4. The minimum Gasteiger partial charge on any atom is -0.309 e. The van der Waals surface area contributed by atoms with E-state index in [1.54, 1.807) is 0 Å². The molecule has 0 saturated carbocycles. The molecule has 0 unspecified atom stereocenters. The van der Waals surface area contributed by atoms with Gasteiger partial charge in [0.05, 0.1) is 27.8 Å². The lowest BCUT2D eigenvalue weighted by Crippen LogP contribution is -2.02. The summed E-state index contributed by atoms with van der Waals surface area (Å²) in [5, 5.41) is 9.89. The summed E-state index contributed by atoms with van der Waals surface area (Å²) in [7, 11) is 0. The first-order chi connectivity index (χ1) is 32.7. The van der Waals surface area contributed by atoms with Crippen LogP contribution in [0.1, 0.15) is 0 Å². The van der Waals surface area contributed by atoms with Gasteiger partial charge >= 0.3 is 0 Å². The molecule has 3 heterocycles. The summed E-state index contributed by atoms with van der Waals surface area (Å²) in [5.74, 6) is 1.51. The minimum atomic E-state index is 0.686. The molecule has 0 aliphatic heterocycles. The van der Waals surface area contributed by atoms with Crippen LogP contribution in [0.3, 0.4) is 0 Å². The molecule has 4 heteroatoms. The number of aromatic nitrogens is 4. The maximum absolute atomic E-state index is 5.45. The van der Waals surface area contributed by atoms with Crippen LogP contribution in [-0.2, 0) is 0 Å². The molecule has 0 bridgehead atoms. The van der Waals surface area contributed by atoms with Gasteiger partial charge in [0.15, 0.2) is 5.82 Å². The third kappa shape index (κ3) is 5.65. The SMILES string of the molecule is c1ccc(-c2cc3ccc4cc(-c5cc6ccc7cc(-c8ccccc8)cc8c7c6c(c5)n8-c5cc(-c6ccccc6)nc(-c6ccccc6)n5)cc5c4c3c(c2)n5-c2ccccc2)cc1. The summed E-state index contributed by atoms with van der Waals surface area (Å²) < 4.78 is 4.86. The van der Waals surface area contributed by atoms with Crippen LogP contribution in [0, 0.1) is 0 Å². The third-order valence-electron chi connectivity index (χ3n) is 13.5. The lowest BCUT2D eigenvalue weighted by molar-refractivity contribution is 1.05. The molecule has 0 radical (unpaired) electrons. The van der Waals surface area contributed by atoms with Crippen LogP contribution in [-0.4, -0.2) is 19.1 Å². The van der Waals surface area contributed by atoms with E-state index in [2.05, 4.69) is 234 Å². The smallest absolute Gasteiger partial charge is 0.162 e. The molecule has 0 fully saturated rings. The molecule has 0 spiro atoms. The molecule has 14 rings (SSSR count). The Morgan fingerprint density at radius 3 is 1.03 bits per heavy atom. The standard InChI is InChI=1S/C62H38N4/c1-6-16-39(17-7-1)47-30-43-26-28-45-32-49(36-54-59(45)58(43)53(34-47)65(54)51-24-14-5-15-25-51)50-33-46-29-27-44-31-48(40-18-8-2-9-19-40)35-55-60(44)61(46)56(37-50)66(55)57-38-52(41-20-10-3-11-21-41)63-62(64-57)42-22-12-4-13-23-42/h1-38H. The molecule has 0 aliphatic carbocycles. The molecule has 0 saturated heterocycles. The Hall–Kier alpha value is -8.86. The first kappa shape index (κ1) is 36.6. The van der Waals surface area contributed by atoms with Crippen LogP contribution in [0.2, 0.25) is 0 Å². The predicted molar refractivity (Wildman–Crippen MR) is 275 cm³/mol. The average Bonchev–Trinajstić information content (AvgIpc) is 3.91. The highest BCUT2D eigenvalue weighted by Crippen LogP contribution is 2.46. The van der Waals surface area contributed by atoms with Crippen LogP contribution >= 0.6 is 0 Å². The Morgan fingerprint density at radius 2 is 0.606 bits per heavy atom. The molecule has 4 nitrogen and oxygen atoms in total. The summed E-state index contributed by atoms with van der Waals surface area (Å²) in [4.78, 5) is 10.7. The van der Waals surface area contributed by atoms with Gasteiger partial charge in [-0.3, -0.25) is 4.57 Å². The Bertz CT molecular complexity index is 4060. The number of benzene rings is 11. The second kappa shape index (κ2) is 14.3. The van der Waals surface area contributed by atoms with Crippen molar-refractivity contribution >= 4 is 65.2 Å². The van der Waals surface area contributed by atoms with Crippen LogP contribution < -0.4 is 0 Å². The number of rotatable bonds is 7. The van der Waals surface area contributed by atoms with Gasteiger partial charge in [-0.15, -0.1) is 0 Å². The molecule has 0 N–H and O–H groups in total. The van der Waals surface area contributed by atoms with Crippen molar-refractivity contribution in [1.29, 1.82) is 0 Å². The normalized spacial score (nSPS) is 11.9. The third-order valence-corrected chi connectivity index (χ3v) is 13.5. The van der Waals surface area contributed by atoms with Crippen LogP contribution in [0.15, 0.2) is 231 Å². The van der Waals surface area contributed by atoms with Crippen molar-refractivity contribution in [3.05, 3.63) is 231 Å². The van der Waals surface area contributed by atoms with E-state index in [1.165, 1.54) is 70.8 Å². The zero-order chi connectivity index (χ0) is 43.3. The summed E-state index contributed by atoms with van der Waals surface area (Å²) in [6.45, 7) is 0.